The molecule has 126 valence electrons. The van der Waals surface area contributed by atoms with Gasteiger partial charge in [-0.2, -0.15) is 0 Å². The van der Waals surface area contributed by atoms with Crippen molar-refractivity contribution in [3.63, 3.8) is 0 Å². The summed E-state index contributed by atoms with van der Waals surface area (Å²) in [5.74, 6) is 0.676. The second kappa shape index (κ2) is 7.11. The van der Waals surface area contributed by atoms with Crippen LogP contribution >= 0.6 is 0 Å². The van der Waals surface area contributed by atoms with E-state index in [2.05, 4.69) is 74.3 Å². The van der Waals surface area contributed by atoms with E-state index < -0.39 is 0 Å². The minimum atomic E-state index is 0.676. The van der Waals surface area contributed by atoms with Crippen molar-refractivity contribution in [1.29, 1.82) is 0 Å². The standard InChI is InChI=1S/C21H17N5/c1-26(19-8-4-16(5-9-19)18-3-2-12-22-13-18)20-10-6-17(7-11-20)21-24-14-23-15-25-21/h2-15H,1H3. The van der Waals surface area contributed by atoms with Crippen LogP contribution in [-0.4, -0.2) is 27.0 Å². The number of hydrogen-bond donors (Lipinski definition) is 0. The lowest BCUT2D eigenvalue weighted by Crippen LogP contribution is -2.09. The maximum Gasteiger partial charge on any atom is 0.162 e. The first-order chi connectivity index (χ1) is 12.8. The lowest BCUT2D eigenvalue weighted by Gasteiger charge is -2.20. The average molecular weight is 339 g/mol. The molecule has 0 fully saturated rings. The van der Waals surface area contributed by atoms with Gasteiger partial charge in [-0.05, 0) is 53.6 Å². The Morgan fingerprint density at radius 1 is 0.654 bits per heavy atom. The highest BCUT2D eigenvalue weighted by atomic mass is 15.1. The number of aromatic nitrogens is 4. The van der Waals surface area contributed by atoms with Gasteiger partial charge in [-0.3, -0.25) is 4.98 Å². The van der Waals surface area contributed by atoms with E-state index >= 15 is 0 Å². The molecule has 4 aromatic rings. The summed E-state index contributed by atoms with van der Waals surface area (Å²) >= 11 is 0. The zero-order chi connectivity index (χ0) is 17.8. The van der Waals surface area contributed by atoms with Gasteiger partial charge in [0.05, 0.1) is 0 Å². The van der Waals surface area contributed by atoms with Crippen LogP contribution in [0.5, 0.6) is 0 Å². The number of rotatable bonds is 4. The molecule has 0 aliphatic heterocycles. The zero-order valence-corrected chi connectivity index (χ0v) is 14.3. The molecule has 0 saturated carbocycles. The summed E-state index contributed by atoms with van der Waals surface area (Å²) in [7, 11) is 2.05. The molecular weight excluding hydrogens is 322 g/mol. The second-order valence-electron chi connectivity index (χ2n) is 5.86. The van der Waals surface area contributed by atoms with Gasteiger partial charge in [-0.25, -0.2) is 15.0 Å². The van der Waals surface area contributed by atoms with Gasteiger partial charge in [-0.15, -0.1) is 0 Å². The van der Waals surface area contributed by atoms with Crippen LogP contribution in [0.3, 0.4) is 0 Å². The molecule has 2 heterocycles. The van der Waals surface area contributed by atoms with E-state index in [1.54, 1.807) is 6.20 Å². The Hall–Kier alpha value is -3.60. The molecule has 0 unspecified atom stereocenters. The van der Waals surface area contributed by atoms with Crippen LogP contribution < -0.4 is 4.90 Å². The maximum atomic E-state index is 4.18. The van der Waals surface area contributed by atoms with Crippen molar-refractivity contribution in [2.24, 2.45) is 0 Å². The van der Waals surface area contributed by atoms with E-state index in [0.717, 1.165) is 28.1 Å². The molecule has 4 rings (SSSR count). The lowest BCUT2D eigenvalue weighted by atomic mass is 10.1. The van der Waals surface area contributed by atoms with Crippen molar-refractivity contribution in [2.45, 2.75) is 0 Å². The first-order valence-corrected chi connectivity index (χ1v) is 8.28. The van der Waals surface area contributed by atoms with Crippen molar-refractivity contribution in [2.75, 3.05) is 11.9 Å². The van der Waals surface area contributed by atoms with E-state index in [9.17, 15) is 0 Å². The minimum absolute atomic E-state index is 0.676. The SMILES string of the molecule is CN(c1ccc(-c2cccnc2)cc1)c1ccc(-c2ncncn2)cc1. The van der Waals surface area contributed by atoms with Crippen LogP contribution in [0.4, 0.5) is 11.4 Å². The third-order valence-electron chi connectivity index (χ3n) is 4.26. The van der Waals surface area contributed by atoms with Crippen LogP contribution in [0.1, 0.15) is 0 Å². The van der Waals surface area contributed by atoms with Gasteiger partial charge >= 0.3 is 0 Å². The summed E-state index contributed by atoms with van der Waals surface area (Å²) in [4.78, 5) is 18.5. The fourth-order valence-corrected chi connectivity index (χ4v) is 2.78. The largest absolute Gasteiger partial charge is 0.345 e. The van der Waals surface area contributed by atoms with E-state index in [1.807, 2.05) is 24.4 Å². The Morgan fingerprint density at radius 3 is 1.85 bits per heavy atom. The molecule has 0 amide bonds. The summed E-state index contributed by atoms with van der Waals surface area (Å²) in [5.41, 5.74) is 5.45. The summed E-state index contributed by atoms with van der Waals surface area (Å²) in [6.07, 6.45) is 6.67. The monoisotopic (exact) mass is 339 g/mol. The fourth-order valence-electron chi connectivity index (χ4n) is 2.78. The Balaban J connectivity index is 1.55. The van der Waals surface area contributed by atoms with Crippen molar-refractivity contribution in [1.82, 2.24) is 19.9 Å². The van der Waals surface area contributed by atoms with E-state index in [-0.39, 0.29) is 0 Å². The molecule has 26 heavy (non-hydrogen) atoms. The maximum absolute atomic E-state index is 4.18. The molecule has 0 spiro atoms. The Morgan fingerprint density at radius 2 is 1.27 bits per heavy atom. The summed E-state index contributed by atoms with van der Waals surface area (Å²) < 4.78 is 0. The third-order valence-corrected chi connectivity index (χ3v) is 4.26. The Bertz CT molecular complexity index is 885. The number of benzene rings is 2. The predicted molar refractivity (Wildman–Crippen MR) is 103 cm³/mol. The average Bonchev–Trinajstić information content (AvgIpc) is 2.75. The smallest absolute Gasteiger partial charge is 0.162 e. The quantitative estimate of drug-likeness (QED) is 0.553. The molecule has 5 heteroatoms. The molecule has 2 aromatic carbocycles. The molecule has 0 aliphatic rings. The van der Waals surface area contributed by atoms with Gasteiger partial charge in [0.15, 0.2) is 5.82 Å². The topological polar surface area (TPSA) is 54.8 Å². The molecule has 0 N–H and O–H groups in total. The molecule has 2 aromatic heterocycles. The number of pyridine rings is 1. The second-order valence-corrected chi connectivity index (χ2v) is 5.86. The predicted octanol–water partition coefficient (Wildman–Crippen LogP) is 4.37. The highest BCUT2D eigenvalue weighted by molar-refractivity contribution is 5.70. The Labute approximate surface area is 152 Å². The van der Waals surface area contributed by atoms with E-state index in [0.29, 0.717) is 5.82 Å². The van der Waals surface area contributed by atoms with Crippen molar-refractivity contribution in [3.8, 4) is 22.5 Å². The number of nitrogens with zero attached hydrogens (tertiary/aromatic N) is 5. The number of hydrogen-bond acceptors (Lipinski definition) is 5. The van der Waals surface area contributed by atoms with Gasteiger partial charge in [0.2, 0.25) is 0 Å². The zero-order valence-electron chi connectivity index (χ0n) is 14.3. The van der Waals surface area contributed by atoms with Crippen molar-refractivity contribution in [3.05, 3.63) is 85.7 Å². The van der Waals surface area contributed by atoms with Crippen LogP contribution in [0.25, 0.3) is 22.5 Å². The van der Waals surface area contributed by atoms with Gasteiger partial charge in [-0.1, -0.05) is 18.2 Å². The summed E-state index contributed by atoms with van der Waals surface area (Å²) in [6.45, 7) is 0. The lowest BCUT2D eigenvalue weighted by molar-refractivity contribution is 1.06. The molecule has 0 radical (unpaired) electrons. The van der Waals surface area contributed by atoms with Gasteiger partial charge in [0, 0.05) is 36.4 Å². The molecule has 0 saturated heterocycles. The third kappa shape index (κ3) is 3.28. The van der Waals surface area contributed by atoms with Crippen LogP contribution in [0.15, 0.2) is 85.7 Å². The first-order valence-electron chi connectivity index (χ1n) is 8.28. The fraction of sp³-hybridized carbons (Fsp3) is 0.0476. The summed E-state index contributed by atoms with van der Waals surface area (Å²) in [5, 5.41) is 0. The Kier molecular flexibility index (Phi) is 4.35. The van der Waals surface area contributed by atoms with Crippen molar-refractivity contribution >= 4 is 11.4 Å². The van der Waals surface area contributed by atoms with Gasteiger partial charge in [0.25, 0.3) is 0 Å². The molecule has 0 aliphatic carbocycles. The van der Waals surface area contributed by atoms with Gasteiger partial charge in [0.1, 0.15) is 12.7 Å². The molecule has 0 bridgehead atoms. The highest BCUT2D eigenvalue weighted by Crippen LogP contribution is 2.28. The van der Waals surface area contributed by atoms with Crippen LogP contribution in [-0.2, 0) is 0 Å². The molecule has 5 nitrogen and oxygen atoms in total. The summed E-state index contributed by atoms with van der Waals surface area (Å²) in [6, 6.07) is 20.6. The normalized spacial score (nSPS) is 10.5. The number of anilines is 2. The van der Waals surface area contributed by atoms with Crippen LogP contribution in [0.2, 0.25) is 0 Å². The first kappa shape index (κ1) is 15.9. The molecule has 0 atom stereocenters. The molecular formula is C21H17N5. The van der Waals surface area contributed by atoms with Crippen molar-refractivity contribution < 1.29 is 0 Å². The van der Waals surface area contributed by atoms with Gasteiger partial charge < -0.3 is 4.90 Å². The van der Waals surface area contributed by atoms with E-state index in [4.69, 9.17) is 0 Å². The van der Waals surface area contributed by atoms with Crippen LogP contribution in [0, 0.1) is 0 Å². The van der Waals surface area contributed by atoms with E-state index in [1.165, 1.54) is 12.7 Å². The minimum Gasteiger partial charge on any atom is -0.345 e. The highest BCUT2D eigenvalue weighted by Gasteiger charge is 2.06.